The number of carbonyl (C=O) groups is 1. The lowest BCUT2D eigenvalue weighted by molar-refractivity contribution is -0.137. The van der Waals surface area contributed by atoms with E-state index in [1.165, 1.54) is 12.1 Å². The van der Waals surface area contributed by atoms with Crippen LogP contribution in [0.5, 0.6) is 0 Å². The molecule has 0 radical (unpaired) electrons. The Bertz CT molecular complexity index is 921. The Kier molecular flexibility index (Phi) is 4.75. The number of halogens is 3. The molecule has 1 aromatic heterocycles. The number of rotatable bonds is 4. The van der Waals surface area contributed by atoms with E-state index in [2.05, 4.69) is 10.2 Å². The fourth-order valence-corrected chi connectivity index (χ4v) is 2.36. The summed E-state index contributed by atoms with van der Waals surface area (Å²) in [6.07, 6.45) is -4.49. The maximum atomic E-state index is 12.9. The first-order valence-corrected chi connectivity index (χ1v) is 7.77. The molecule has 0 aliphatic heterocycles. The van der Waals surface area contributed by atoms with Crippen LogP contribution in [0.15, 0.2) is 54.6 Å². The number of carbonyl (C=O) groups excluding carboxylic acids is 1. The molecule has 0 aliphatic rings. The number of hydrogen-bond donors (Lipinski definition) is 0. The van der Waals surface area contributed by atoms with Crippen LogP contribution in [0.3, 0.4) is 0 Å². The van der Waals surface area contributed by atoms with Crippen LogP contribution in [-0.4, -0.2) is 27.6 Å². The van der Waals surface area contributed by atoms with Crippen LogP contribution in [0.2, 0.25) is 0 Å². The summed E-state index contributed by atoms with van der Waals surface area (Å²) in [6, 6.07) is 13.3. The standard InChI is InChI=1S/C18H14F3N3O2/c1-2-26-17(25)16-15(12-7-4-3-5-8-12)22-24(23-16)14-10-6-9-13(11-14)18(19,20)21/h3-11H,2H2,1H3. The molecule has 0 spiro atoms. The van der Waals surface area contributed by atoms with E-state index in [-0.39, 0.29) is 23.7 Å². The molecule has 0 aliphatic carbocycles. The average molecular weight is 361 g/mol. The second-order valence-electron chi connectivity index (χ2n) is 5.32. The molecule has 8 heteroatoms. The molecule has 0 saturated carbocycles. The number of hydrogen-bond acceptors (Lipinski definition) is 4. The third kappa shape index (κ3) is 3.58. The van der Waals surface area contributed by atoms with Crippen molar-refractivity contribution in [2.24, 2.45) is 0 Å². The average Bonchev–Trinajstić information content (AvgIpc) is 3.08. The van der Waals surface area contributed by atoms with Crippen LogP contribution in [-0.2, 0) is 10.9 Å². The van der Waals surface area contributed by atoms with E-state index in [0.717, 1.165) is 16.9 Å². The Hall–Kier alpha value is -3.16. The molecule has 26 heavy (non-hydrogen) atoms. The highest BCUT2D eigenvalue weighted by Crippen LogP contribution is 2.30. The predicted octanol–water partition coefficient (Wildman–Crippen LogP) is 4.13. The molecule has 5 nitrogen and oxygen atoms in total. The minimum Gasteiger partial charge on any atom is -0.461 e. The highest BCUT2D eigenvalue weighted by atomic mass is 19.4. The van der Waals surface area contributed by atoms with Gasteiger partial charge in [0, 0.05) is 5.56 Å². The SMILES string of the molecule is CCOC(=O)c1nn(-c2cccc(C(F)(F)F)c2)nc1-c1ccccc1. The number of nitrogens with zero attached hydrogens (tertiary/aromatic N) is 3. The topological polar surface area (TPSA) is 57.0 Å². The highest BCUT2D eigenvalue weighted by molar-refractivity contribution is 5.94. The molecule has 0 amide bonds. The quantitative estimate of drug-likeness (QED) is 0.656. The van der Waals surface area contributed by atoms with Crippen LogP contribution in [0.25, 0.3) is 16.9 Å². The first kappa shape index (κ1) is 17.7. The number of benzene rings is 2. The summed E-state index contributed by atoms with van der Waals surface area (Å²) in [5, 5.41) is 8.28. The van der Waals surface area contributed by atoms with Crippen LogP contribution < -0.4 is 0 Å². The van der Waals surface area contributed by atoms with E-state index in [0.29, 0.717) is 5.56 Å². The second-order valence-corrected chi connectivity index (χ2v) is 5.32. The molecule has 0 saturated heterocycles. The zero-order valence-electron chi connectivity index (χ0n) is 13.7. The first-order chi connectivity index (χ1) is 12.4. The summed E-state index contributed by atoms with van der Waals surface area (Å²) in [5.41, 5.74) is 0.0458. The molecule has 134 valence electrons. The molecule has 0 unspecified atom stereocenters. The zero-order valence-corrected chi connectivity index (χ0v) is 13.7. The van der Waals surface area contributed by atoms with Gasteiger partial charge in [-0.1, -0.05) is 36.4 Å². The first-order valence-electron chi connectivity index (χ1n) is 7.77. The lowest BCUT2D eigenvalue weighted by Gasteiger charge is -2.07. The van der Waals surface area contributed by atoms with Crippen LogP contribution in [0.4, 0.5) is 13.2 Å². The summed E-state index contributed by atoms with van der Waals surface area (Å²) < 4.78 is 43.8. The van der Waals surface area contributed by atoms with Gasteiger partial charge in [0.1, 0.15) is 5.69 Å². The number of aromatic nitrogens is 3. The van der Waals surface area contributed by atoms with Crippen molar-refractivity contribution in [3.63, 3.8) is 0 Å². The molecule has 2 aromatic carbocycles. The van der Waals surface area contributed by atoms with E-state index in [1.807, 2.05) is 0 Å². The summed E-state index contributed by atoms with van der Waals surface area (Å²) in [7, 11) is 0. The van der Waals surface area contributed by atoms with Gasteiger partial charge in [0.05, 0.1) is 17.9 Å². The van der Waals surface area contributed by atoms with Crippen LogP contribution >= 0.6 is 0 Å². The molecule has 0 N–H and O–H groups in total. The van der Waals surface area contributed by atoms with Gasteiger partial charge < -0.3 is 4.74 Å². The molecule has 1 heterocycles. The highest BCUT2D eigenvalue weighted by Gasteiger charge is 2.31. The summed E-state index contributed by atoms with van der Waals surface area (Å²) >= 11 is 0. The minimum atomic E-state index is -4.49. The lowest BCUT2D eigenvalue weighted by Crippen LogP contribution is -2.09. The van der Waals surface area contributed by atoms with Gasteiger partial charge in [0.15, 0.2) is 5.69 Å². The van der Waals surface area contributed by atoms with Crippen LogP contribution in [0.1, 0.15) is 23.0 Å². The molecule has 0 atom stereocenters. The predicted molar refractivity (Wildman–Crippen MR) is 87.8 cm³/mol. The van der Waals surface area contributed by atoms with Crippen molar-refractivity contribution in [3.8, 4) is 16.9 Å². The Balaban J connectivity index is 2.11. The van der Waals surface area contributed by atoms with Gasteiger partial charge in [-0.2, -0.15) is 18.0 Å². The van der Waals surface area contributed by atoms with Gasteiger partial charge in [-0.25, -0.2) is 4.79 Å². The largest absolute Gasteiger partial charge is 0.461 e. The Morgan fingerprint density at radius 1 is 1.08 bits per heavy atom. The number of esters is 1. The van der Waals surface area contributed by atoms with E-state index >= 15 is 0 Å². The molecule has 3 rings (SSSR count). The van der Waals surface area contributed by atoms with Crippen molar-refractivity contribution in [2.75, 3.05) is 6.61 Å². The van der Waals surface area contributed by atoms with Crippen molar-refractivity contribution in [1.29, 1.82) is 0 Å². The third-order valence-electron chi connectivity index (χ3n) is 3.53. The normalized spacial score (nSPS) is 11.4. The number of ether oxygens (including phenoxy) is 1. The van der Waals surface area contributed by atoms with Crippen molar-refractivity contribution < 1.29 is 22.7 Å². The van der Waals surface area contributed by atoms with Gasteiger partial charge in [0.25, 0.3) is 0 Å². The van der Waals surface area contributed by atoms with E-state index in [1.54, 1.807) is 37.3 Å². The van der Waals surface area contributed by atoms with Gasteiger partial charge in [-0.15, -0.1) is 10.2 Å². The van der Waals surface area contributed by atoms with Crippen molar-refractivity contribution in [2.45, 2.75) is 13.1 Å². The van der Waals surface area contributed by atoms with Gasteiger partial charge in [0.2, 0.25) is 0 Å². The summed E-state index contributed by atoms with van der Waals surface area (Å²) in [4.78, 5) is 13.2. The maximum absolute atomic E-state index is 12.9. The molecule has 3 aromatic rings. The number of alkyl halides is 3. The van der Waals surface area contributed by atoms with Crippen molar-refractivity contribution in [1.82, 2.24) is 15.0 Å². The molecular weight excluding hydrogens is 347 g/mol. The fraction of sp³-hybridized carbons (Fsp3) is 0.167. The zero-order chi connectivity index (χ0) is 18.7. The molecule has 0 fully saturated rings. The lowest BCUT2D eigenvalue weighted by atomic mass is 10.1. The summed E-state index contributed by atoms with van der Waals surface area (Å²) in [6.45, 7) is 1.79. The maximum Gasteiger partial charge on any atom is 0.416 e. The van der Waals surface area contributed by atoms with E-state index in [9.17, 15) is 18.0 Å². The Morgan fingerprint density at radius 3 is 2.46 bits per heavy atom. The van der Waals surface area contributed by atoms with Gasteiger partial charge >= 0.3 is 12.1 Å². The van der Waals surface area contributed by atoms with Gasteiger partial charge in [-0.3, -0.25) is 0 Å². The van der Waals surface area contributed by atoms with Crippen molar-refractivity contribution >= 4 is 5.97 Å². The monoisotopic (exact) mass is 361 g/mol. The molecule has 0 bridgehead atoms. The third-order valence-corrected chi connectivity index (χ3v) is 3.53. The van der Waals surface area contributed by atoms with Crippen molar-refractivity contribution in [3.05, 3.63) is 65.9 Å². The fourth-order valence-electron chi connectivity index (χ4n) is 2.36. The Labute approximate surface area is 147 Å². The Morgan fingerprint density at radius 2 is 1.81 bits per heavy atom. The summed E-state index contributed by atoms with van der Waals surface area (Å²) in [5.74, 6) is -0.690. The smallest absolute Gasteiger partial charge is 0.416 e. The second kappa shape index (κ2) is 6.99. The van der Waals surface area contributed by atoms with Crippen LogP contribution in [0, 0.1) is 0 Å². The molecular formula is C18H14F3N3O2. The minimum absolute atomic E-state index is 0.0598. The van der Waals surface area contributed by atoms with Gasteiger partial charge in [-0.05, 0) is 25.1 Å². The van der Waals surface area contributed by atoms with E-state index in [4.69, 9.17) is 4.74 Å². The van der Waals surface area contributed by atoms with E-state index < -0.39 is 17.7 Å².